The molecule has 1 amide bonds. The zero-order chi connectivity index (χ0) is 14.7. The highest BCUT2D eigenvalue weighted by atomic mass is 79.9. The summed E-state index contributed by atoms with van der Waals surface area (Å²) < 4.78 is 0.828. The van der Waals surface area contributed by atoms with Crippen LogP contribution in [0.4, 0.5) is 5.69 Å². The van der Waals surface area contributed by atoms with Gasteiger partial charge in [-0.05, 0) is 46.1 Å². The van der Waals surface area contributed by atoms with Crippen molar-refractivity contribution in [2.75, 3.05) is 24.5 Å². The molecule has 0 aromatic heterocycles. The topological polar surface area (TPSA) is 32.3 Å². The number of halogens is 1. The third-order valence-electron chi connectivity index (χ3n) is 3.77. The lowest BCUT2D eigenvalue weighted by atomic mass is 10.2. The molecule has 0 unspecified atom stereocenters. The standard InChI is InChI=1S/C17H17BrN2O/c18-15-7-3-2-6-14(15)17(21)19-10-12-20-11-9-13-5-1-4-8-16(13)20/h1-8H,9-12H2,(H,19,21). The van der Waals surface area contributed by atoms with E-state index in [2.05, 4.69) is 50.4 Å². The minimum absolute atomic E-state index is 0.0324. The smallest absolute Gasteiger partial charge is 0.252 e. The zero-order valence-electron chi connectivity index (χ0n) is 11.7. The second-order valence-corrected chi connectivity index (χ2v) is 5.96. The van der Waals surface area contributed by atoms with E-state index in [1.165, 1.54) is 11.3 Å². The Bertz CT molecular complexity index is 657. The van der Waals surface area contributed by atoms with Crippen LogP contribution < -0.4 is 10.2 Å². The fourth-order valence-corrected chi connectivity index (χ4v) is 3.15. The molecule has 0 bridgehead atoms. The van der Waals surface area contributed by atoms with Gasteiger partial charge in [0.25, 0.3) is 5.91 Å². The first-order valence-electron chi connectivity index (χ1n) is 7.11. The molecule has 0 radical (unpaired) electrons. The van der Waals surface area contributed by atoms with Gasteiger partial charge < -0.3 is 10.2 Å². The molecule has 3 nitrogen and oxygen atoms in total. The molecular weight excluding hydrogens is 328 g/mol. The average molecular weight is 345 g/mol. The maximum absolute atomic E-state index is 12.1. The first-order chi connectivity index (χ1) is 10.3. The maximum atomic E-state index is 12.1. The van der Waals surface area contributed by atoms with Gasteiger partial charge in [0.1, 0.15) is 0 Å². The Balaban J connectivity index is 1.56. The minimum Gasteiger partial charge on any atom is -0.369 e. The molecule has 0 saturated heterocycles. The van der Waals surface area contributed by atoms with E-state index in [4.69, 9.17) is 0 Å². The minimum atomic E-state index is -0.0324. The molecule has 1 N–H and O–H groups in total. The number of amides is 1. The van der Waals surface area contributed by atoms with Crippen LogP contribution in [0.2, 0.25) is 0 Å². The molecule has 21 heavy (non-hydrogen) atoms. The second-order valence-electron chi connectivity index (χ2n) is 5.10. The Kier molecular flexibility index (Phi) is 4.25. The van der Waals surface area contributed by atoms with Gasteiger partial charge in [0.2, 0.25) is 0 Å². The Morgan fingerprint density at radius 3 is 2.76 bits per heavy atom. The van der Waals surface area contributed by atoms with Gasteiger partial charge in [-0.3, -0.25) is 4.79 Å². The summed E-state index contributed by atoms with van der Waals surface area (Å²) in [5.41, 5.74) is 3.38. The van der Waals surface area contributed by atoms with Gasteiger partial charge in [0.05, 0.1) is 5.56 Å². The van der Waals surface area contributed by atoms with Gasteiger partial charge in [0, 0.05) is 29.8 Å². The van der Waals surface area contributed by atoms with Crippen LogP contribution in [0.1, 0.15) is 15.9 Å². The van der Waals surface area contributed by atoms with Crippen molar-refractivity contribution < 1.29 is 4.79 Å². The first kappa shape index (κ1) is 14.1. The molecule has 2 aromatic carbocycles. The molecule has 0 fully saturated rings. The number of nitrogens with zero attached hydrogens (tertiary/aromatic N) is 1. The molecule has 4 heteroatoms. The molecule has 1 aliphatic rings. The van der Waals surface area contributed by atoms with Crippen molar-refractivity contribution in [1.82, 2.24) is 5.32 Å². The number of carbonyl (C=O) groups excluding carboxylic acids is 1. The van der Waals surface area contributed by atoms with E-state index in [0.29, 0.717) is 12.1 Å². The molecular formula is C17H17BrN2O. The molecule has 0 saturated carbocycles. The zero-order valence-corrected chi connectivity index (χ0v) is 13.3. The number of hydrogen-bond donors (Lipinski definition) is 1. The lowest BCUT2D eigenvalue weighted by Crippen LogP contribution is -2.34. The van der Waals surface area contributed by atoms with Crippen molar-refractivity contribution >= 4 is 27.5 Å². The predicted molar refractivity (Wildman–Crippen MR) is 88.8 cm³/mol. The summed E-state index contributed by atoms with van der Waals surface area (Å²) in [7, 11) is 0. The van der Waals surface area contributed by atoms with Crippen molar-refractivity contribution in [3.05, 3.63) is 64.1 Å². The van der Waals surface area contributed by atoms with Crippen LogP contribution >= 0.6 is 15.9 Å². The van der Waals surface area contributed by atoms with Crippen molar-refractivity contribution in [2.45, 2.75) is 6.42 Å². The van der Waals surface area contributed by atoms with Crippen LogP contribution in [-0.4, -0.2) is 25.5 Å². The number of anilines is 1. The van der Waals surface area contributed by atoms with Crippen LogP contribution in [0, 0.1) is 0 Å². The van der Waals surface area contributed by atoms with Crippen molar-refractivity contribution in [1.29, 1.82) is 0 Å². The fraction of sp³-hybridized carbons (Fsp3) is 0.235. The molecule has 1 aliphatic heterocycles. The van der Waals surface area contributed by atoms with E-state index in [1.54, 1.807) is 0 Å². The summed E-state index contributed by atoms with van der Waals surface area (Å²) in [5, 5.41) is 2.99. The van der Waals surface area contributed by atoms with Gasteiger partial charge in [-0.15, -0.1) is 0 Å². The number of carbonyl (C=O) groups is 1. The Hall–Kier alpha value is -1.81. The van der Waals surface area contributed by atoms with Crippen molar-refractivity contribution in [2.24, 2.45) is 0 Å². The van der Waals surface area contributed by atoms with Gasteiger partial charge in [0.15, 0.2) is 0 Å². The summed E-state index contributed by atoms with van der Waals surface area (Å²) >= 11 is 3.41. The summed E-state index contributed by atoms with van der Waals surface area (Å²) in [4.78, 5) is 14.5. The van der Waals surface area contributed by atoms with Crippen LogP contribution in [0.15, 0.2) is 53.0 Å². The van der Waals surface area contributed by atoms with Crippen molar-refractivity contribution in [3.8, 4) is 0 Å². The van der Waals surface area contributed by atoms with E-state index >= 15 is 0 Å². The van der Waals surface area contributed by atoms with E-state index in [-0.39, 0.29) is 5.91 Å². The number of fused-ring (bicyclic) bond motifs is 1. The highest BCUT2D eigenvalue weighted by Gasteiger charge is 2.18. The first-order valence-corrected chi connectivity index (χ1v) is 7.90. The van der Waals surface area contributed by atoms with E-state index < -0.39 is 0 Å². The summed E-state index contributed by atoms with van der Waals surface area (Å²) in [6, 6.07) is 16.0. The van der Waals surface area contributed by atoms with Crippen molar-refractivity contribution in [3.63, 3.8) is 0 Å². The number of benzene rings is 2. The normalized spacial score (nSPS) is 13.1. The monoisotopic (exact) mass is 344 g/mol. The quantitative estimate of drug-likeness (QED) is 0.923. The van der Waals surface area contributed by atoms with Crippen LogP contribution in [0.3, 0.4) is 0 Å². The fourth-order valence-electron chi connectivity index (χ4n) is 2.68. The van der Waals surface area contributed by atoms with Gasteiger partial charge in [-0.25, -0.2) is 0 Å². The molecule has 108 valence electrons. The number of para-hydroxylation sites is 1. The van der Waals surface area contributed by atoms with Gasteiger partial charge >= 0.3 is 0 Å². The molecule has 0 atom stereocenters. The van der Waals surface area contributed by atoms with Crippen LogP contribution in [-0.2, 0) is 6.42 Å². The summed E-state index contributed by atoms with van der Waals surface area (Å²) in [5.74, 6) is -0.0324. The molecule has 3 rings (SSSR count). The van der Waals surface area contributed by atoms with Gasteiger partial charge in [-0.2, -0.15) is 0 Å². The Labute approximate surface area is 133 Å². The molecule has 2 aromatic rings. The Morgan fingerprint density at radius 1 is 1.14 bits per heavy atom. The third kappa shape index (κ3) is 3.10. The molecule has 0 spiro atoms. The largest absolute Gasteiger partial charge is 0.369 e. The van der Waals surface area contributed by atoms with E-state index in [0.717, 1.165) is 24.0 Å². The van der Waals surface area contributed by atoms with Crippen LogP contribution in [0.5, 0.6) is 0 Å². The van der Waals surface area contributed by atoms with E-state index in [9.17, 15) is 4.79 Å². The predicted octanol–water partition coefficient (Wildman–Crippen LogP) is 3.24. The Morgan fingerprint density at radius 2 is 1.90 bits per heavy atom. The maximum Gasteiger partial charge on any atom is 0.252 e. The summed E-state index contributed by atoms with van der Waals surface area (Å²) in [6.45, 7) is 2.52. The molecule has 1 heterocycles. The average Bonchev–Trinajstić information content (AvgIpc) is 2.91. The number of hydrogen-bond acceptors (Lipinski definition) is 2. The number of nitrogens with one attached hydrogen (secondary N) is 1. The number of rotatable bonds is 4. The lowest BCUT2D eigenvalue weighted by Gasteiger charge is -2.19. The molecule has 0 aliphatic carbocycles. The SMILES string of the molecule is O=C(NCCN1CCc2ccccc21)c1ccccc1Br. The highest BCUT2D eigenvalue weighted by molar-refractivity contribution is 9.10. The van der Waals surface area contributed by atoms with E-state index in [1.807, 2.05) is 24.3 Å². The summed E-state index contributed by atoms with van der Waals surface area (Å²) in [6.07, 6.45) is 1.09. The highest BCUT2D eigenvalue weighted by Crippen LogP contribution is 2.26. The third-order valence-corrected chi connectivity index (χ3v) is 4.46. The second kappa shape index (κ2) is 6.31. The van der Waals surface area contributed by atoms with Gasteiger partial charge in [-0.1, -0.05) is 30.3 Å². The lowest BCUT2D eigenvalue weighted by molar-refractivity contribution is 0.0954. The van der Waals surface area contributed by atoms with Crippen LogP contribution in [0.25, 0.3) is 0 Å².